The van der Waals surface area contributed by atoms with Crippen LogP contribution in [0.25, 0.3) is 10.9 Å². The number of rotatable bonds is 3. The van der Waals surface area contributed by atoms with Gasteiger partial charge in [-0.25, -0.2) is 4.98 Å². The lowest BCUT2D eigenvalue weighted by Crippen LogP contribution is -2.08. The molecule has 0 aliphatic rings. The topological polar surface area (TPSA) is 79.4 Å². The number of anilines is 1. The highest BCUT2D eigenvalue weighted by molar-refractivity contribution is 6.31. The molecule has 0 radical (unpaired) electrons. The van der Waals surface area contributed by atoms with Gasteiger partial charge in [-0.3, -0.25) is 9.67 Å². The van der Waals surface area contributed by atoms with Crippen molar-refractivity contribution in [1.29, 1.82) is 5.26 Å². The average molecular weight is 299 g/mol. The van der Waals surface area contributed by atoms with Crippen molar-refractivity contribution in [3.63, 3.8) is 0 Å². The van der Waals surface area contributed by atoms with E-state index in [9.17, 15) is 5.26 Å². The summed E-state index contributed by atoms with van der Waals surface area (Å²) in [4.78, 5) is 8.41. The molecule has 0 amide bonds. The molecule has 104 valence electrons. The summed E-state index contributed by atoms with van der Waals surface area (Å²) in [6, 6.07) is 7.54. The molecule has 1 aromatic carbocycles. The predicted molar refractivity (Wildman–Crippen MR) is 79.8 cm³/mol. The largest absolute Gasteiger partial charge is 0.376 e. The van der Waals surface area contributed by atoms with E-state index in [-0.39, 0.29) is 0 Å². The van der Waals surface area contributed by atoms with Crippen LogP contribution in [0.2, 0.25) is 5.02 Å². The maximum absolute atomic E-state index is 9.26. The van der Waals surface area contributed by atoms with Gasteiger partial charge in [0.1, 0.15) is 18.2 Å². The van der Waals surface area contributed by atoms with E-state index in [2.05, 4.69) is 26.5 Å². The van der Waals surface area contributed by atoms with Gasteiger partial charge in [-0.1, -0.05) is 11.6 Å². The number of hydrogen-bond acceptors (Lipinski definition) is 5. The molecular weight excluding hydrogens is 288 g/mol. The molecule has 0 bridgehead atoms. The summed E-state index contributed by atoms with van der Waals surface area (Å²) in [5, 5.41) is 17.9. The Labute approximate surface area is 126 Å². The van der Waals surface area contributed by atoms with Crippen LogP contribution in [0, 0.1) is 11.3 Å². The smallest absolute Gasteiger partial charge is 0.145 e. The molecule has 3 rings (SSSR count). The Kier molecular flexibility index (Phi) is 3.42. The van der Waals surface area contributed by atoms with Crippen molar-refractivity contribution in [2.45, 2.75) is 6.54 Å². The Hall–Kier alpha value is -2.65. The number of hydrogen-bond donors (Lipinski definition) is 1. The van der Waals surface area contributed by atoms with Gasteiger partial charge in [-0.15, -0.1) is 0 Å². The molecule has 6 nitrogen and oxygen atoms in total. The zero-order chi connectivity index (χ0) is 14.8. The average Bonchev–Trinajstić information content (AvgIpc) is 2.90. The van der Waals surface area contributed by atoms with E-state index in [1.807, 2.05) is 13.1 Å². The Morgan fingerprint density at radius 3 is 2.95 bits per heavy atom. The van der Waals surface area contributed by atoms with E-state index < -0.39 is 0 Å². The van der Waals surface area contributed by atoms with Gasteiger partial charge in [0, 0.05) is 23.7 Å². The molecule has 2 heterocycles. The second-order valence-electron chi connectivity index (χ2n) is 4.47. The maximum Gasteiger partial charge on any atom is 0.145 e. The van der Waals surface area contributed by atoms with Gasteiger partial charge < -0.3 is 5.32 Å². The molecule has 7 heteroatoms. The van der Waals surface area contributed by atoms with Crippen LogP contribution >= 0.6 is 11.6 Å². The Morgan fingerprint density at radius 1 is 1.38 bits per heavy atom. The fraction of sp³-hybridized carbons (Fsp3) is 0.143. The van der Waals surface area contributed by atoms with E-state index in [0.29, 0.717) is 22.8 Å². The summed E-state index contributed by atoms with van der Waals surface area (Å²) >= 11 is 6.05. The summed E-state index contributed by atoms with van der Waals surface area (Å²) in [6.07, 6.45) is 3.04. The SMILES string of the molecule is Cn1ncnc1CNc1c(C#N)cnc2ccc(Cl)cc12. The van der Waals surface area contributed by atoms with E-state index in [4.69, 9.17) is 11.6 Å². The van der Waals surface area contributed by atoms with Crippen molar-refractivity contribution >= 4 is 28.2 Å². The van der Waals surface area contributed by atoms with Crippen LogP contribution in [0.1, 0.15) is 11.4 Å². The van der Waals surface area contributed by atoms with Crippen LogP contribution in [0.15, 0.2) is 30.7 Å². The predicted octanol–water partition coefficient (Wildman–Crippen LogP) is 2.50. The van der Waals surface area contributed by atoms with Gasteiger partial charge in [-0.2, -0.15) is 10.4 Å². The highest BCUT2D eigenvalue weighted by atomic mass is 35.5. The summed E-state index contributed by atoms with van der Waals surface area (Å²) in [5.74, 6) is 0.769. The standard InChI is InChI=1S/C14H11ClN6/c1-21-13(19-8-20-21)7-18-14-9(5-16)6-17-12-3-2-10(15)4-11(12)14/h2-4,6,8H,7H2,1H3,(H,17,18). The van der Waals surface area contributed by atoms with Gasteiger partial charge in [0.2, 0.25) is 0 Å². The molecule has 21 heavy (non-hydrogen) atoms. The van der Waals surface area contributed by atoms with Crippen molar-refractivity contribution in [1.82, 2.24) is 19.7 Å². The minimum absolute atomic E-state index is 0.455. The minimum atomic E-state index is 0.455. The molecule has 0 aliphatic carbocycles. The fourth-order valence-corrected chi connectivity index (χ4v) is 2.26. The molecular formula is C14H11ClN6. The maximum atomic E-state index is 9.26. The molecule has 0 aliphatic heterocycles. The number of aromatic nitrogens is 4. The third-order valence-corrected chi connectivity index (χ3v) is 3.41. The normalized spacial score (nSPS) is 10.5. The molecule has 0 fully saturated rings. The van der Waals surface area contributed by atoms with Crippen molar-refractivity contribution in [2.75, 3.05) is 5.32 Å². The Morgan fingerprint density at radius 2 is 2.24 bits per heavy atom. The molecule has 0 saturated heterocycles. The summed E-state index contributed by atoms with van der Waals surface area (Å²) in [5.41, 5.74) is 1.94. The highest BCUT2D eigenvalue weighted by Gasteiger charge is 2.10. The van der Waals surface area contributed by atoms with Crippen LogP contribution in [0.4, 0.5) is 5.69 Å². The molecule has 0 unspecified atom stereocenters. The van der Waals surface area contributed by atoms with Gasteiger partial charge in [-0.05, 0) is 18.2 Å². The first-order valence-electron chi connectivity index (χ1n) is 6.24. The lowest BCUT2D eigenvalue weighted by atomic mass is 10.1. The summed E-state index contributed by atoms with van der Waals surface area (Å²) < 4.78 is 1.68. The summed E-state index contributed by atoms with van der Waals surface area (Å²) in [7, 11) is 1.82. The monoisotopic (exact) mass is 298 g/mol. The number of pyridine rings is 1. The first-order chi connectivity index (χ1) is 10.2. The number of aryl methyl sites for hydroxylation is 1. The van der Waals surface area contributed by atoms with Crippen molar-refractivity contribution < 1.29 is 0 Å². The minimum Gasteiger partial charge on any atom is -0.376 e. The second-order valence-corrected chi connectivity index (χ2v) is 4.91. The lowest BCUT2D eigenvalue weighted by molar-refractivity contribution is 0.712. The summed E-state index contributed by atoms with van der Waals surface area (Å²) in [6.45, 7) is 0.455. The van der Waals surface area contributed by atoms with Gasteiger partial charge in [0.05, 0.1) is 23.3 Å². The van der Waals surface area contributed by atoms with Crippen molar-refractivity contribution in [2.24, 2.45) is 7.05 Å². The van der Waals surface area contributed by atoms with Crippen molar-refractivity contribution in [3.05, 3.63) is 47.1 Å². The first kappa shape index (κ1) is 13.3. The van der Waals surface area contributed by atoms with Crippen LogP contribution in [0.3, 0.4) is 0 Å². The van der Waals surface area contributed by atoms with E-state index in [0.717, 1.165) is 16.7 Å². The fourth-order valence-electron chi connectivity index (χ4n) is 2.09. The Bertz CT molecular complexity index is 848. The third-order valence-electron chi connectivity index (χ3n) is 3.18. The number of benzene rings is 1. The van der Waals surface area contributed by atoms with Gasteiger partial charge >= 0.3 is 0 Å². The first-order valence-corrected chi connectivity index (χ1v) is 6.62. The third kappa shape index (κ3) is 2.51. The van der Waals surface area contributed by atoms with E-state index >= 15 is 0 Å². The molecule has 3 aromatic rings. The lowest BCUT2D eigenvalue weighted by Gasteiger charge is -2.11. The van der Waals surface area contributed by atoms with Crippen LogP contribution in [0.5, 0.6) is 0 Å². The number of halogens is 1. The number of nitriles is 1. The highest BCUT2D eigenvalue weighted by Crippen LogP contribution is 2.28. The molecule has 0 saturated carbocycles. The van der Waals surface area contributed by atoms with Crippen LogP contribution < -0.4 is 5.32 Å². The van der Waals surface area contributed by atoms with E-state index in [1.165, 1.54) is 6.33 Å². The van der Waals surface area contributed by atoms with E-state index in [1.54, 1.807) is 23.0 Å². The number of nitrogens with one attached hydrogen (secondary N) is 1. The molecule has 0 atom stereocenters. The second kappa shape index (κ2) is 5.38. The van der Waals surface area contributed by atoms with Crippen LogP contribution in [-0.4, -0.2) is 19.7 Å². The van der Waals surface area contributed by atoms with Crippen molar-refractivity contribution in [3.8, 4) is 6.07 Å². The van der Waals surface area contributed by atoms with Gasteiger partial charge in [0.15, 0.2) is 0 Å². The Balaban J connectivity index is 2.05. The number of nitrogens with zero attached hydrogens (tertiary/aromatic N) is 5. The molecule has 1 N–H and O–H groups in total. The zero-order valence-corrected chi connectivity index (χ0v) is 12.0. The molecule has 0 spiro atoms. The zero-order valence-electron chi connectivity index (χ0n) is 11.2. The van der Waals surface area contributed by atoms with Gasteiger partial charge in [0.25, 0.3) is 0 Å². The quantitative estimate of drug-likeness (QED) is 0.803. The molecule has 2 aromatic heterocycles. The number of fused-ring (bicyclic) bond motifs is 1. The van der Waals surface area contributed by atoms with Crippen LogP contribution in [-0.2, 0) is 13.6 Å².